The summed E-state index contributed by atoms with van der Waals surface area (Å²) in [5.74, 6) is 0.184. The van der Waals surface area contributed by atoms with Gasteiger partial charge in [-0.1, -0.05) is 29.8 Å². The van der Waals surface area contributed by atoms with Crippen LogP contribution in [0.1, 0.15) is 18.1 Å². The van der Waals surface area contributed by atoms with Crippen molar-refractivity contribution in [2.45, 2.75) is 26.4 Å². The molecule has 0 radical (unpaired) electrons. The van der Waals surface area contributed by atoms with Gasteiger partial charge >= 0.3 is 0 Å². The van der Waals surface area contributed by atoms with Crippen LogP contribution >= 0.6 is 22.6 Å². The molecule has 6 heteroatoms. The van der Waals surface area contributed by atoms with E-state index in [-0.39, 0.29) is 18.4 Å². The standard InChI is InChI=1S/C20H23IN2O3/c1-14-5-4-6-16(11-14)12-23(15(2)20(25)22-3)19(24)13-26-18-9-7-17(21)8-10-18/h4-11,15H,12-13H2,1-3H3,(H,22,25). The quantitative estimate of drug-likeness (QED) is 0.639. The Bertz CT molecular complexity index is 762. The summed E-state index contributed by atoms with van der Waals surface area (Å²) in [5.41, 5.74) is 2.08. The fraction of sp³-hybridized carbons (Fsp3) is 0.300. The highest BCUT2D eigenvalue weighted by Crippen LogP contribution is 2.15. The van der Waals surface area contributed by atoms with Crippen LogP contribution in [0.15, 0.2) is 48.5 Å². The molecule has 1 atom stereocenters. The molecule has 2 rings (SSSR count). The molecule has 138 valence electrons. The molecule has 0 aliphatic rings. The normalized spacial score (nSPS) is 11.5. The number of likely N-dealkylation sites (N-methyl/N-ethyl adjacent to an activating group) is 1. The maximum Gasteiger partial charge on any atom is 0.261 e. The van der Waals surface area contributed by atoms with Crippen molar-refractivity contribution in [3.8, 4) is 5.75 Å². The average Bonchev–Trinajstić information content (AvgIpc) is 2.64. The maximum absolute atomic E-state index is 12.8. The molecule has 2 amide bonds. The summed E-state index contributed by atoms with van der Waals surface area (Å²) in [7, 11) is 1.57. The van der Waals surface area contributed by atoms with Crippen molar-refractivity contribution in [1.82, 2.24) is 10.2 Å². The number of carbonyl (C=O) groups excluding carboxylic acids is 2. The first-order valence-electron chi connectivity index (χ1n) is 8.35. The number of ether oxygens (including phenoxy) is 1. The van der Waals surface area contributed by atoms with E-state index in [1.165, 1.54) is 0 Å². The Morgan fingerprint density at radius 2 is 1.88 bits per heavy atom. The van der Waals surface area contributed by atoms with Crippen LogP contribution in [0.25, 0.3) is 0 Å². The molecule has 2 aromatic carbocycles. The number of hydrogen-bond donors (Lipinski definition) is 1. The molecule has 0 heterocycles. The molecule has 1 unspecified atom stereocenters. The number of nitrogens with zero attached hydrogens (tertiary/aromatic N) is 1. The summed E-state index contributed by atoms with van der Waals surface area (Å²) >= 11 is 2.21. The van der Waals surface area contributed by atoms with E-state index < -0.39 is 6.04 Å². The van der Waals surface area contributed by atoms with Crippen molar-refractivity contribution in [2.24, 2.45) is 0 Å². The summed E-state index contributed by atoms with van der Waals surface area (Å²) in [6, 6.07) is 14.8. The smallest absolute Gasteiger partial charge is 0.261 e. The van der Waals surface area contributed by atoms with Crippen molar-refractivity contribution in [1.29, 1.82) is 0 Å². The second kappa shape index (κ2) is 9.56. The summed E-state index contributed by atoms with van der Waals surface area (Å²) in [6.45, 7) is 3.95. The third-order valence-electron chi connectivity index (χ3n) is 4.03. The lowest BCUT2D eigenvalue weighted by Gasteiger charge is -2.28. The van der Waals surface area contributed by atoms with E-state index in [1.807, 2.05) is 55.5 Å². The average molecular weight is 466 g/mol. The van der Waals surface area contributed by atoms with Gasteiger partial charge in [0.25, 0.3) is 5.91 Å². The number of benzene rings is 2. The molecule has 0 saturated carbocycles. The Balaban J connectivity index is 2.12. The molecule has 0 fully saturated rings. The van der Waals surface area contributed by atoms with Gasteiger partial charge in [-0.05, 0) is 66.3 Å². The maximum atomic E-state index is 12.8. The Hall–Kier alpha value is -2.09. The lowest BCUT2D eigenvalue weighted by atomic mass is 10.1. The minimum Gasteiger partial charge on any atom is -0.484 e. The predicted octanol–water partition coefficient (Wildman–Crippen LogP) is 3.14. The van der Waals surface area contributed by atoms with Crippen LogP contribution in [-0.4, -0.2) is 36.4 Å². The van der Waals surface area contributed by atoms with Gasteiger partial charge in [-0.3, -0.25) is 9.59 Å². The third-order valence-corrected chi connectivity index (χ3v) is 4.74. The van der Waals surface area contributed by atoms with E-state index in [1.54, 1.807) is 18.9 Å². The first-order chi connectivity index (χ1) is 12.4. The monoisotopic (exact) mass is 466 g/mol. The van der Waals surface area contributed by atoms with Gasteiger partial charge in [-0.25, -0.2) is 0 Å². The molecule has 0 aliphatic heterocycles. The zero-order valence-corrected chi connectivity index (χ0v) is 17.3. The van der Waals surface area contributed by atoms with E-state index >= 15 is 0 Å². The zero-order chi connectivity index (χ0) is 19.1. The molecule has 0 bridgehead atoms. The van der Waals surface area contributed by atoms with E-state index in [0.717, 1.165) is 14.7 Å². The van der Waals surface area contributed by atoms with E-state index in [4.69, 9.17) is 4.74 Å². The van der Waals surface area contributed by atoms with Gasteiger partial charge < -0.3 is 15.0 Å². The highest BCUT2D eigenvalue weighted by molar-refractivity contribution is 14.1. The minimum absolute atomic E-state index is 0.117. The fourth-order valence-electron chi connectivity index (χ4n) is 2.56. The van der Waals surface area contributed by atoms with Gasteiger partial charge in [0.1, 0.15) is 11.8 Å². The first kappa shape index (κ1) is 20.2. The van der Waals surface area contributed by atoms with Crippen LogP contribution < -0.4 is 10.1 Å². The molecule has 0 aromatic heterocycles. The number of nitrogens with one attached hydrogen (secondary N) is 1. The minimum atomic E-state index is -0.590. The Labute approximate surface area is 167 Å². The zero-order valence-electron chi connectivity index (χ0n) is 15.2. The second-order valence-corrected chi connectivity index (χ2v) is 7.29. The molecule has 26 heavy (non-hydrogen) atoms. The van der Waals surface area contributed by atoms with E-state index in [9.17, 15) is 9.59 Å². The Morgan fingerprint density at radius 3 is 2.50 bits per heavy atom. The van der Waals surface area contributed by atoms with Crippen molar-refractivity contribution < 1.29 is 14.3 Å². The van der Waals surface area contributed by atoms with Crippen LogP contribution in [0.2, 0.25) is 0 Å². The number of amides is 2. The Kier molecular flexibility index (Phi) is 7.44. The van der Waals surface area contributed by atoms with Gasteiger partial charge in [0, 0.05) is 17.2 Å². The van der Waals surface area contributed by atoms with Crippen molar-refractivity contribution in [3.05, 3.63) is 63.2 Å². The van der Waals surface area contributed by atoms with Gasteiger partial charge in [0.2, 0.25) is 5.91 Å². The fourth-order valence-corrected chi connectivity index (χ4v) is 2.92. The number of rotatable bonds is 7. The molecule has 2 aromatic rings. The highest BCUT2D eigenvalue weighted by Gasteiger charge is 2.25. The highest BCUT2D eigenvalue weighted by atomic mass is 127. The molecular formula is C20H23IN2O3. The van der Waals surface area contributed by atoms with Crippen molar-refractivity contribution in [3.63, 3.8) is 0 Å². The Morgan fingerprint density at radius 1 is 1.19 bits per heavy atom. The summed E-state index contributed by atoms with van der Waals surface area (Å²) in [4.78, 5) is 26.4. The molecule has 5 nitrogen and oxygen atoms in total. The van der Waals surface area contributed by atoms with E-state index in [0.29, 0.717) is 12.3 Å². The SMILES string of the molecule is CNC(=O)C(C)N(Cc1cccc(C)c1)C(=O)COc1ccc(I)cc1. The molecule has 1 N–H and O–H groups in total. The van der Waals surface area contributed by atoms with Crippen LogP contribution in [0, 0.1) is 10.5 Å². The van der Waals surface area contributed by atoms with Gasteiger partial charge in [-0.2, -0.15) is 0 Å². The van der Waals surface area contributed by atoms with E-state index in [2.05, 4.69) is 27.9 Å². The molecule has 0 spiro atoms. The van der Waals surface area contributed by atoms with Crippen LogP contribution in [0.3, 0.4) is 0 Å². The second-order valence-electron chi connectivity index (χ2n) is 6.04. The number of hydrogen-bond acceptors (Lipinski definition) is 3. The van der Waals surface area contributed by atoms with Crippen molar-refractivity contribution in [2.75, 3.05) is 13.7 Å². The first-order valence-corrected chi connectivity index (χ1v) is 9.43. The van der Waals surface area contributed by atoms with Crippen LogP contribution in [0.4, 0.5) is 0 Å². The van der Waals surface area contributed by atoms with Gasteiger partial charge in [-0.15, -0.1) is 0 Å². The molecule has 0 saturated heterocycles. The van der Waals surface area contributed by atoms with Crippen LogP contribution in [0.5, 0.6) is 5.75 Å². The van der Waals surface area contributed by atoms with Crippen LogP contribution in [-0.2, 0) is 16.1 Å². The third kappa shape index (κ3) is 5.72. The number of carbonyl (C=O) groups is 2. The topological polar surface area (TPSA) is 58.6 Å². The predicted molar refractivity (Wildman–Crippen MR) is 110 cm³/mol. The molecule has 0 aliphatic carbocycles. The van der Waals surface area contributed by atoms with Gasteiger partial charge in [0.05, 0.1) is 0 Å². The van der Waals surface area contributed by atoms with Gasteiger partial charge in [0.15, 0.2) is 6.61 Å². The number of aryl methyl sites for hydroxylation is 1. The number of halogens is 1. The summed E-state index contributed by atoms with van der Waals surface area (Å²) < 4.78 is 6.70. The summed E-state index contributed by atoms with van der Waals surface area (Å²) in [5, 5.41) is 2.60. The summed E-state index contributed by atoms with van der Waals surface area (Å²) in [6.07, 6.45) is 0. The van der Waals surface area contributed by atoms with Crippen molar-refractivity contribution >= 4 is 34.4 Å². The largest absolute Gasteiger partial charge is 0.484 e. The lowest BCUT2D eigenvalue weighted by Crippen LogP contribution is -2.48. The molecular weight excluding hydrogens is 443 g/mol. The lowest BCUT2D eigenvalue weighted by molar-refractivity contribution is -0.142.